The van der Waals surface area contributed by atoms with Gasteiger partial charge in [-0.2, -0.15) is 0 Å². The molecule has 0 aliphatic carbocycles. The van der Waals surface area contributed by atoms with Gasteiger partial charge in [0.05, 0.1) is 5.56 Å². The van der Waals surface area contributed by atoms with E-state index in [1.54, 1.807) is 29.7 Å². The van der Waals surface area contributed by atoms with Gasteiger partial charge in [-0.25, -0.2) is 0 Å². The molecule has 0 bridgehead atoms. The minimum absolute atomic E-state index is 0.189. The van der Waals surface area contributed by atoms with Crippen LogP contribution < -0.4 is 0 Å². The van der Waals surface area contributed by atoms with Crippen LogP contribution in [0.15, 0.2) is 18.3 Å². The number of carboxylic acids is 1. The smallest absolute Gasteiger partial charge is 0.323 e. The summed E-state index contributed by atoms with van der Waals surface area (Å²) in [6, 6.07) is 3.34. The van der Waals surface area contributed by atoms with Gasteiger partial charge < -0.3 is 10.0 Å². The molecule has 2 heterocycles. The number of hydrogen-bond acceptors (Lipinski definition) is 4. The quantitative estimate of drug-likeness (QED) is 0.894. The molecular weight excluding hydrogens is 272 g/mol. The monoisotopic (exact) mass is 290 g/mol. The molecule has 0 aromatic carbocycles. The molecule has 0 fully saturated rings. The van der Waals surface area contributed by atoms with Gasteiger partial charge in [0.15, 0.2) is 5.65 Å². The highest BCUT2D eigenvalue weighted by molar-refractivity contribution is 5.95. The molecule has 0 saturated carbocycles. The molecule has 0 saturated heterocycles. The number of amides is 1. The van der Waals surface area contributed by atoms with Crippen molar-refractivity contribution in [1.29, 1.82) is 0 Å². The standard InChI is InChI=1S/C14H18N4O3/c1-9(2)6-17(8-13(19)20)14(21)11-4-5-12-16-15-10(3)18(12)7-11/h4-5,7,9H,6,8H2,1-3H3,(H,19,20). The summed E-state index contributed by atoms with van der Waals surface area (Å²) in [5, 5.41) is 16.8. The fourth-order valence-electron chi connectivity index (χ4n) is 2.14. The van der Waals surface area contributed by atoms with E-state index < -0.39 is 5.97 Å². The van der Waals surface area contributed by atoms with Crippen molar-refractivity contribution < 1.29 is 14.7 Å². The van der Waals surface area contributed by atoms with Crippen molar-refractivity contribution in [3.8, 4) is 0 Å². The van der Waals surface area contributed by atoms with E-state index in [4.69, 9.17) is 5.11 Å². The second-order valence-electron chi connectivity index (χ2n) is 5.37. The van der Waals surface area contributed by atoms with Gasteiger partial charge in [-0.3, -0.25) is 14.0 Å². The summed E-state index contributed by atoms with van der Waals surface area (Å²) >= 11 is 0. The van der Waals surface area contributed by atoms with Crippen LogP contribution in [0.1, 0.15) is 30.0 Å². The molecule has 2 rings (SSSR count). The molecule has 7 nitrogen and oxygen atoms in total. The van der Waals surface area contributed by atoms with Crippen molar-refractivity contribution in [2.75, 3.05) is 13.1 Å². The van der Waals surface area contributed by atoms with E-state index in [-0.39, 0.29) is 18.4 Å². The second-order valence-corrected chi connectivity index (χ2v) is 5.37. The molecule has 7 heteroatoms. The lowest BCUT2D eigenvalue weighted by Gasteiger charge is -2.22. The Morgan fingerprint density at radius 1 is 1.33 bits per heavy atom. The number of pyridine rings is 1. The maximum atomic E-state index is 12.5. The van der Waals surface area contributed by atoms with Crippen LogP contribution in [0.3, 0.4) is 0 Å². The Hall–Kier alpha value is -2.44. The third-order valence-corrected chi connectivity index (χ3v) is 3.02. The van der Waals surface area contributed by atoms with Crippen LogP contribution in [-0.2, 0) is 4.79 Å². The lowest BCUT2D eigenvalue weighted by molar-refractivity contribution is -0.137. The Morgan fingerprint density at radius 3 is 2.67 bits per heavy atom. The van der Waals surface area contributed by atoms with Crippen molar-refractivity contribution in [2.45, 2.75) is 20.8 Å². The first-order valence-electron chi connectivity index (χ1n) is 6.71. The van der Waals surface area contributed by atoms with Crippen LogP contribution in [0.25, 0.3) is 5.65 Å². The Balaban J connectivity index is 2.32. The minimum atomic E-state index is -1.02. The highest BCUT2D eigenvalue weighted by Crippen LogP contribution is 2.11. The number of aliphatic carboxylic acids is 1. The number of carbonyl (C=O) groups excluding carboxylic acids is 1. The summed E-state index contributed by atoms with van der Waals surface area (Å²) in [5.41, 5.74) is 1.07. The highest BCUT2D eigenvalue weighted by atomic mass is 16.4. The number of rotatable bonds is 5. The zero-order chi connectivity index (χ0) is 15.6. The average molecular weight is 290 g/mol. The summed E-state index contributed by atoms with van der Waals surface area (Å²) < 4.78 is 1.71. The van der Waals surface area contributed by atoms with Gasteiger partial charge in [-0.1, -0.05) is 13.8 Å². The van der Waals surface area contributed by atoms with Crippen LogP contribution in [0.5, 0.6) is 0 Å². The SMILES string of the molecule is Cc1nnc2ccc(C(=O)N(CC(=O)O)CC(C)C)cn12. The third-order valence-electron chi connectivity index (χ3n) is 3.02. The molecule has 1 N–H and O–H groups in total. The maximum Gasteiger partial charge on any atom is 0.323 e. The van der Waals surface area contributed by atoms with Gasteiger partial charge in [0.25, 0.3) is 5.91 Å². The Bertz CT molecular complexity index is 678. The maximum absolute atomic E-state index is 12.5. The molecule has 2 aromatic heterocycles. The number of nitrogens with zero attached hydrogens (tertiary/aromatic N) is 4. The minimum Gasteiger partial charge on any atom is -0.480 e. The normalized spacial score (nSPS) is 11.0. The Morgan fingerprint density at radius 2 is 2.05 bits per heavy atom. The highest BCUT2D eigenvalue weighted by Gasteiger charge is 2.20. The summed E-state index contributed by atoms with van der Waals surface area (Å²) in [5.74, 6) is -0.464. The van der Waals surface area contributed by atoms with E-state index in [2.05, 4.69) is 10.2 Å². The molecule has 1 amide bonds. The van der Waals surface area contributed by atoms with E-state index in [9.17, 15) is 9.59 Å². The molecule has 112 valence electrons. The van der Waals surface area contributed by atoms with Crippen molar-refractivity contribution in [1.82, 2.24) is 19.5 Å². The first kappa shape index (κ1) is 15.0. The van der Waals surface area contributed by atoms with Gasteiger partial charge in [0, 0.05) is 12.7 Å². The van der Waals surface area contributed by atoms with Crippen molar-refractivity contribution >= 4 is 17.5 Å². The second kappa shape index (κ2) is 5.90. The molecule has 21 heavy (non-hydrogen) atoms. The van der Waals surface area contributed by atoms with Gasteiger partial charge in [-0.15, -0.1) is 10.2 Å². The summed E-state index contributed by atoms with van der Waals surface area (Å²) in [7, 11) is 0. The first-order chi connectivity index (χ1) is 9.88. The molecular formula is C14H18N4O3. The molecule has 0 atom stereocenters. The number of carboxylic acid groups (broad SMARTS) is 1. The summed E-state index contributed by atoms with van der Waals surface area (Å²) in [6.45, 7) is 5.75. The van der Waals surface area contributed by atoms with Crippen LogP contribution in [0, 0.1) is 12.8 Å². The fourth-order valence-corrected chi connectivity index (χ4v) is 2.14. The summed E-state index contributed by atoms with van der Waals surface area (Å²) in [4.78, 5) is 24.8. The van der Waals surface area contributed by atoms with E-state index in [1.807, 2.05) is 13.8 Å². The number of carbonyl (C=O) groups is 2. The van der Waals surface area contributed by atoms with Crippen LogP contribution in [0.4, 0.5) is 0 Å². The van der Waals surface area contributed by atoms with Gasteiger partial charge in [0.2, 0.25) is 0 Å². The van der Waals surface area contributed by atoms with Crippen LogP contribution in [0.2, 0.25) is 0 Å². The average Bonchev–Trinajstić information content (AvgIpc) is 2.77. The van der Waals surface area contributed by atoms with Crippen molar-refractivity contribution in [3.63, 3.8) is 0 Å². The van der Waals surface area contributed by atoms with E-state index >= 15 is 0 Å². The third kappa shape index (κ3) is 3.36. The topological polar surface area (TPSA) is 87.8 Å². The number of aryl methyl sites for hydroxylation is 1. The zero-order valence-electron chi connectivity index (χ0n) is 12.3. The predicted molar refractivity (Wildman–Crippen MR) is 76.1 cm³/mol. The van der Waals surface area contributed by atoms with Gasteiger partial charge in [0.1, 0.15) is 12.4 Å². The summed E-state index contributed by atoms with van der Waals surface area (Å²) in [6.07, 6.45) is 1.64. The first-order valence-corrected chi connectivity index (χ1v) is 6.71. The molecule has 0 spiro atoms. The number of aromatic nitrogens is 3. The largest absolute Gasteiger partial charge is 0.480 e. The fraction of sp³-hybridized carbons (Fsp3) is 0.429. The van der Waals surface area contributed by atoms with Crippen LogP contribution >= 0.6 is 0 Å². The Labute approximate surface area is 122 Å². The molecule has 2 aromatic rings. The number of fused-ring (bicyclic) bond motifs is 1. The van der Waals surface area contributed by atoms with Crippen LogP contribution in [-0.4, -0.2) is 49.6 Å². The van der Waals surface area contributed by atoms with Gasteiger partial charge >= 0.3 is 5.97 Å². The van der Waals surface area contributed by atoms with E-state index in [0.717, 1.165) is 0 Å². The molecule has 0 aliphatic heterocycles. The molecule has 0 unspecified atom stereocenters. The molecule has 0 aliphatic rings. The van der Waals surface area contributed by atoms with Crippen molar-refractivity contribution in [2.24, 2.45) is 5.92 Å². The van der Waals surface area contributed by atoms with E-state index in [1.165, 1.54) is 4.90 Å². The lowest BCUT2D eigenvalue weighted by atomic mass is 10.1. The zero-order valence-corrected chi connectivity index (χ0v) is 12.3. The Kier molecular flexibility index (Phi) is 4.21. The van der Waals surface area contributed by atoms with Gasteiger partial charge in [-0.05, 0) is 25.0 Å². The molecule has 0 radical (unpaired) electrons. The van der Waals surface area contributed by atoms with Crippen molar-refractivity contribution in [3.05, 3.63) is 29.7 Å². The van der Waals surface area contributed by atoms with E-state index in [0.29, 0.717) is 23.6 Å². The lowest BCUT2D eigenvalue weighted by Crippen LogP contribution is -2.38. The predicted octanol–water partition coefficient (Wildman–Crippen LogP) is 1.22. The number of hydrogen-bond donors (Lipinski definition) is 1.